The van der Waals surface area contributed by atoms with Gasteiger partial charge in [0, 0.05) is 50.7 Å². The van der Waals surface area contributed by atoms with Gasteiger partial charge >= 0.3 is 0 Å². The van der Waals surface area contributed by atoms with Crippen molar-refractivity contribution in [1.29, 1.82) is 0 Å². The number of thiocarbonyl (C=S) groups is 1. The molecule has 0 aliphatic carbocycles. The predicted molar refractivity (Wildman–Crippen MR) is 157 cm³/mol. The number of hydrogen-bond donors (Lipinski definition) is 0. The molecular weight excluding hydrogens is 533 g/mol. The van der Waals surface area contributed by atoms with Gasteiger partial charge in [0.25, 0.3) is 5.91 Å². The van der Waals surface area contributed by atoms with Crippen molar-refractivity contribution in [2.75, 3.05) is 39.8 Å². The predicted octanol–water partition coefficient (Wildman–Crippen LogP) is 6.94. The van der Waals surface area contributed by atoms with Crippen molar-refractivity contribution >= 4 is 58.7 Å². The third-order valence-corrected chi connectivity index (χ3v) is 8.61. The Bertz CT molecular complexity index is 1010. The van der Waals surface area contributed by atoms with Gasteiger partial charge in [-0.2, -0.15) is 0 Å². The van der Waals surface area contributed by atoms with E-state index in [1.165, 1.54) is 30.7 Å². The normalized spacial score (nSPS) is 18.0. The van der Waals surface area contributed by atoms with Crippen molar-refractivity contribution in [3.63, 3.8) is 0 Å². The van der Waals surface area contributed by atoms with Gasteiger partial charge in [-0.15, -0.1) is 12.4 Å². The fourth-order valence-corrected chi connectivity index (χ4v) is 6.04. The van der Waals surface area contributed by atoms with E-state index in [9.17, 15) is 4.79 Å². The second-order valence-corrected chi connectivity index (χ2v) is 11.1. The summed E-state index contributed by atoms with van der Waals surface area (Å²) in [4.78, 5) is 21.1. The first-order valence-electron chi connectivity index (χ1n) is 12.7. The third kappa shape index (κ3) is 7.58. The summed E-state index contributed by atoms with van der Waals surface area (Å²) in [5.41, 5.74) is 1.83. The monoisotopic (exact) mass is 567 g/mol. The maximum Gasteiger partial charge on any atom is 0.253 e. The smallest absolute Gasteiger partial charge is 0.253 e. The molecule has 1 unspecified atom stereocenters. The summed E-state index contributed by atoms with van der Waals surface area (Å²) in [6.07, 6.45) is 6.88. The van der Waals surface area contributed by atoms with E-state index in [2.05, 4.69) is 9.80 Å². The Hall–Kier alpha value is -1.37. The summed E-state index contributed by atoms with van der Waals surface area (Å²) in [5.74, 6) is 0.212. The fraction of sp³-hybridized carbons (Fsp3) is 0.500. The molecule has 0 spiro atoms. The van der Waals surface area contributed by atoms with Crippen LogP contribution in [0.1, 0.15) is 60.4 Å². The van der Waals surface area contributed by atoms with E-state index in [0.717, 1.165) is 44.6 Å². The summed E-state index contributed by atoms with van der Waals surface area (Å²) in [5, 5.41) is 1.12. The first-order valence-corrected chi connectivity index (χ1v) is 13.9. The highest BCUT2D eigenvalue weighted by atomic mass is 35.5. The van der Waals surface area contributed by atoms with Crippen molar-refractivity contribution in [3.8, 4) is 0 Å². The molecule has 196 valence electrons. The molecule has 2 fully saturated rings. The zero-order valence-electron chi connectivity index (χ0n) is 20.9. The van der Waals surface area contributed by atoms with E-state index in [0.29, 0.717) is 28.2 Å². The highest BCUT2D eigenvalue weighted by Gasteiger charge is 2.28. The number of carbonyl (C=O) groups excluding carboxylic acids is 1. The van der Waals surface area contributed by atoms with E-state index in [1.807, 2.05) is 60.5 Å². The van der Waals surface area contributed by atoms with Crippen LogP contribution in [0.3, 0.4) is 0 Å². The lowest BCUT2D eigenvalue weighted by Gasteiger charge is -2.42. The standard InChI is InChI=1S/C28H35Cl2N3OS.ClH/c1-31(28(34)21-7-3-2-4-8-21)20-23(22-10-11-25(29)26(30)19-22)12-16-32-17-13-24(14-18-32)33-15-6-5-9-27(33)35;/h2-4,7-8,10-11,19,23-24H,5-6,9,12-18,20H2,1H3;1H. The largest absolute Gasteiger partial charge is 0.363 e. The summed E-state index contributed by atoms with van der Waals surface area (Å²) < 4.78 is 0. The van der Waals surface area contributed by atoms with Crippen LogP contribution in [0.4, 0.5) is 0 Å². The number of piperidine rings is 2. The van der Waals surface area contributed by atoms with Gasteiger partial charge < -0.3 is 14.7 Å². The van der Waals surface area contributed by atoms with Crippen LogP contribution in [0, 0.1) is 0 Å². The Labute approximate surface area is 237 Å². The minimum atomic E-state index is 0. The maximum absolute atomic E-state index is 13.0. The third-order valence-electron chi connectivity index (χ3n) is 7.43. The van der Waals surface area contributed by atoms with Crippen LogP contribution in [0.2, 0.25) is 10.0 Å². The summed E-state index contributed by atoms with van der Waals surface area (Å²) >= 11 is 18.2. The minimum absolute atomic E-state index is 0. The van der Waals surface area contributed by atoms with Gasteiger partial charge in [0.15, 0.2) is 0 Å². The molecular formula is C28H36Cl3N3OS. The Morgan fingerprint density at radius 1 is 1.06 bits per heavy atom. The quantitative estimate of drug-likeness (QED) is 0.322. The SMILES string of the molecule is CN(CC(CCN1CCC(N2CCCCC2=S)CC1)c1ccc(Cl)c(Cl)c1)C(=O)c1ccccc1.Cl. The summed E-state index contributed by atoms with van der Waals surface area (Å²) in [6.45, 7) is 4.94. The molecule has 0 radical (unpaired) electrons. The van der Waals surface area contributed by atoms with Crippen LogP contribution in [0.5, 0.6) is 0 Å². The average Bonchev–Trinajstić information content (AvgIpc) is 2.89. The molecule has 2 aliphatic rings. The lowest BCUT2D eigenvalue weighted by Crippen LogP contribution is -2.48. The number of likely N-dealkylation sites (N-methyl/N-ethyl adjacent to an activating group) is 1. The topological polar surface area (TPSA) is 26.8 Å². The number of benzene rings is 2. The number of likely N-dealkylation sites (tertiary alicyclic amines) is 2. The van der Waals surface area contributed by atoms with Gasteiger partial charge in [0.1, 0.15) is 0 Å². The lowest BCUT2D eigenvalue weighted by atomic mass is 9.93. The highest BCUT2D eigenvalue weighted by Crippen LogP contribution is 2.30. The Morgan fingerprint density at radius 3 is 2.44 bits per heavy atom. The second-order valence-electron chi connectivity index (χ2n) is 9.83. The molecule has 2 aromatic carbocycles. The number of hydrogen-bond acceptors (Lipinski definition) is 3. The molecule has 2 aliphatic heterocycles. The first kappa shape index (κ1) is 29.2. The molecule has 2 heterocycles. The van der Waals surface area contributed by atoms with Crippen LogP contribution in [0.25, 0.3) is 0 Å². The van der Waals surface area contributed by atoms with Crippen LogP contribution in [-0.4, -0.2) is 71.4 Å². The molecule has 2 aromatic rings. The molecule has 1 atom stereocenters. The summed E-state index contributed by atoms with van der Waals surface area (Å²) in [6, 6.07) is 15.9. The molecule has 36 heavy (non-hydrogen) atoms. The van der Waals surface area contributed by atoms with E-state index in [-0.39, 0.29) is 24.2 Å². The number of nitrogens with zero attached hydrogens (tertiary/aromatic N) is 3. The summed E-state index contributed by atoms with van der Waals surface area (Å²) in [7, 11) is 1.88. The molecule has 0 aromatic heterocycles. The van der Waals surface area contributed by atoms with Gasteiger partial charge in [-0.05, 0) is 74.9 Å². The van der Waals surface area contributed by atoms with Gasteiger partial charge in [-0.1, -0.05) is 59.7 Å². The van der Waals surface area contributed by atoms with Gasteiger partial charge in [0.05, 0.1) is 15.0 Å². The van der Waals surface area contributed by atoms with E-state index in [4.69, 9.17) is 35.4 Å². The van der Waals surface area contributed by atoms with Crippen molar-refractivity contribution < 1.29 is 4.79 Å². The fourth-order valence-electron chi connectivity index (χ4n) is 5.35. The molecule has 0 saturated carbocycles. The average molecular weight is 569 g/mol. The molecule has 2 saturated heterocycles. The van der Waals surface area contributed by atoms with Crippen LogP contribution >= 0.6 is 47.8 Å². The molecule has 4 nitrogen and oxygen atoms in total. The van der Waals surface area contributed by atoms with E-state index < -0.39 is 0 Å². The number of carbonyl (C=O) groups is 1. The van der Waals surface area contributed by atoms with Gasteiger partial charge in [-0.3, -0.25) is 4.79 Å². The zero-order valence-corrected chi connectivity index (χ0v) is 24.0. The Kier molecular flexibility index (Phi) is 11.3. The Morgan fingerprint density at radius 2 is 1.78 bits per heavy atom. The maximum atomic E-state index is 13.0. The Balaban J connectivity index is 0.00000361. The second kappa shape index (κ2) is 14.0. The first-order chi connectivity index (χ1) is 16.9. The molecule has 4 rings (SSSR count). The van der Waals surface area contributed by atoms with Crippen molar-refractivity contribution in [2.24, 2.45) is 0 Å². The van der Waals surface area contributed by atoms with Crippen LogP contribution in [-0.2, 0) is 0 Å². The van der Waals surface area contributed by atoms with E-state index >= 15 is 0 Å². The number of amides is 1. The molecule has 0 bridgehead atoms. The van der Waals surface area contributed by atoms with Crippen molar-refractivity contribution in [1.82, 2.24) is 14.7 Å². The molecule has 0 N–H and O–H groups in total. The minimum Gasteiger partial charge on any atom is -0.363 e. The number of halogens is 3. The highest BCUT2D eigenvalue weighted by molar-refractivity contribution is 7.80. The van der Waals surface area contributed by atoms with Crippen molar-refractivity contribution in [2.45, 2.75) is 50.5 Å². The zero-order chi connectivity index (χ0) is 24.8. The van der Waals surface area contributed by atoms with Crippen molar-refractivity contribution in [3.05, 3.63) is 69.7 Å². The molecule has 8 heteroatoms. The van der Waals surface area contributed by atoms with Crippen LogP contribution < -0.4 is 0 Å². The number of rotatable bonds is 8. The van der Waals surface area contributed by atoms with Gasteiger partial charge in [0.2, 0.25) is 0 Å². The van der Waals surface area contributed by atoms with Crippen LogP contribution in [0.15, 0.2) is 48.5 Å². The van der Waals surface area contributed by atoms with E-state index in [1.54, 1.807) is 0 Å². The van der Waals surface area contributed by atoms with Gasteiger partial charge in [-0.25, -0.2) is 0 Å². The molecule has 1 amide bonds. The lowest BCUT2D eigenvalue weighted by molar-refractivity contribution is 0.0780.